The molecule has 1 fully saturated rings. The van der Waals surface area contributed by atoms with Gasteiger partial charge in [-0.2, -0.15) is 0 Å². The number of amides is 1. The van der Waals surface area contributed by atoms with Crippen molar-refractivity contribution in [3.8, 4) is 5.75 Å². The lowest BCUT2D eigenvalue weighted by Crippen LogP contribution is -2.46. The number of nitrogens with one attached hydrogen (secondary N) is 1. The molecular formula is C23H24N4O2. The molecule has 6 nitrogen and oxygen atoms in total. The first-order valence-electron chi connectivity index (χ1n) is 9.69. The van der Waals surface area contributed by atoms with Gasteiger partial charge in [-0.3, -0.25) is 4.79 Å². The highest BCUT2D eigenvalue weighted by Gasteiger charge is 2.18. The predicted molar refractivity (Wildman–Crippen MR) is 116 cm³/mol. The van der Waals surface area contributed by atoms with Crippen LogP contribution in [-0.2, 0) is 0 Å². The van der Waals surface area contributed by atoms with Gasteiger partial charge in [0.25, 0.3) is 5.91 Å². The highest BCUT2D eigenvalue weighted by Crippen LogP contribution is 2.22. The van der Waals surface area contributed by atoms with E-state index in [-0.39, 0.29) is 5.91 Å². The fraction of sp³-hybridized carbons (Fsp3) is 0.217. The number of para-hydroxylation sites is 1. The summed E-state index contributed by atoms with van der Waals surface area (Å²) >= 11 is 0. The lowest BCUT2D eigenvalue weighted by molar-refractivity contribution is 0.102. The summed E-state index contributed by atoms with van der Waals surface area (Å²) in [7, 11) is 1.68. The lowest BCUT2D eigenvalue weighted by Gasteiger charge is -2.37. The van der Waals surface area contributed by atoms with Gasteiger partial charge in [0.15, 0.2) is 0 Å². The Kier molecular flexibility index (Phi) is 5.61. The second-order valence-electron chi connectivity index (χ2n) is 6.89. The number of nitrogens with zero attached hydrogens (tertiary/aromatic N) is 3. The third-order valence-corrected chi connectivity index (χ3v) is 5.09. The van der Waals surface area contributed by atoms with E-state index in [2.05, 4.69) is 32.2 Å². The van der Waals surface area contributed by atoms with Gasteiger partial charge in [0.2, 0.25) is 0 Å². The van der Waals surface area contributed by atoms with E-state index >= 15 is 0 Å². The van der Waals surface area contributed by atoms with Crippen LogP contribution in [0, 0.1) is 0 Å². The molecule has 1 saturated heterocycles. The number of carbonyl (C=O) groups is 1. The molecule has 29 heavy (non-hydrogen) atoms. The number of hydrogen-bond acceptors (Lipinski definition) is 5. The maximum atomic E-state index is 12.3. The molecule has 1 aliphatic rings. The molecule has 1 aromatic heterocycles. The van der Waals surface area contributed by atoms with Crippen molar-refractivity contribution in [2.45, 2.75) is 0 Å². The van der Waals surface area contributed by atoms with E-state index in [1.807, 2.05) is 48.5 Å². The number of rotatable bonds is 5. The molecule has 1 amide bonds. The van der Waals surface area contributed by atoms with Gasteiger partial charge in [0.1, 0.15) is 11.4 Å². The molecular weight excluding hydrogens is 364 g/mol. The van der Waals surface area contributed by atoms with Crippen LogP contribution in [-0.4, -0.2) is 44.2 Å². The van der Waals surface area contributed by atoms with E-state index in [1.54, 1.807) is 19.4 Å². The standard InChI is InChI=1S/C23H24N4O2/c1-29-21-10-7-19(8-11-21)26-13-15-27(16-14-26)20-9-12-22(24-17-20)23(28)25-18-5-3-2-4-6-18/h2-12,17H,13-16H2,1H3,(H,25,28). The molecule has 1 aliphatic heterocycles. The largest absolute Gasteiger partial charge is 0.497 e. The average molecular weight is 388 g/mol. The Labute approximate surface area is 170 Å². The van der Waals surface area contributed by atoms with Gasteiger partial charge in [-0.15, -0.1) is 0 Å². The minimum absolute atomic E-state index is 0.202. The summed E-state index contributed by atoms with van der Waals surface area (Å²) in [5.41, 5.74) is 3.42. The van der Waals surface area contributed by atoms with Crippen molar-refractivity contribution in [1.29, 1.82) is 0 Å². The molecule has 2 aromatic carbocycles. The molecule has 0 atom stereocenters. The highest BCUT2D eigenvalue weighted by molar-refractivity contribution is 6.02. The number of aromatic nitrogens is 1. The Balaban J connectivity index is 1.34. The Hall–Kier alpha value is -3.54. The Morgan fingerprint density at radius 3 is 2.07 bits per heavy atom. The van der Waals surface area contributed by atoms with E-state index in [9.17, 15) is 4.79 Å². The maximum Gasteiger partial charge on any atom is 0.274 e. The summed E-state index contributed by atoms with van der Waals surface area (Å²) < 4.78 is 5.23. The van der Waals surface area contributed by atoms with E-state index in [0.717, 1.165) is 43.3 Å². The van der Waals surface area contributed by atoms with Crippen molar-refractivity contribution in [1.82, 2.24) is 4.98 Å². The number of anilines is 3. The van der Waals surface area contributed by atoms with Crippen molar-refractivity contribution < 1.29 is 9.53 Å². The summed E-state index contributed by atoms with van der Waals surface area (Å²) in [5, 5.41) is 2.86. The van der Waals surface area contributed by atoms with Crippen LogP contribution in [0.2, 0.25) is 0 Å². The van der Waals surface area contributed by atoms with Crippen LogP contribution < -0.4 is 19.9 Å². The summed E-state index contributed by atoms with van der Waals surface area (Å²) in [6, 6.07) is 21.3. The van der Waals surface area contributed by atoms with E-state index in [0.29, 0.717) is 5.69 Å². The maximum absolute atomic E-state index is 12.3. The monoisotopic (exact) mass is 388 g/mol. The predicted octanol–water partition coefficient (Wildman–Crippen LogP) is 3.67. The van der Waals surface area contributed by atoms with Gasteiger partial charge in [0, 0.05) is 37.6 Å². The molecule has 6 heteroatoms. The zero-order valence-electron chi connectivity index (χ0n) is 16.4. The van der Waals surface area contributed by atoms with Crippen molar-refractivity contribution in [2.75, 3.05) is 48.4 Å². The third-order valence-electron chi connectivity index (χ3n) is 5.09. The van der Waals surface area contributed by atoms with Crippen LogP contribution in [0.4, 0.5) is 17.1 Å². The molecule has 1 N–H and O–H groups in total. The molecule has 2 heterocycles. The molecule has 0 spiro atoms. The zero-order valence-corrected chi connectivity index (χ0v) is 16.4. The molecule has 0 saturated carbocycles. The van der Waals surface area contributed by atoms with E-state index < -0.39 is 0 Å². The van der Waals surface area contributed by atoms with Gasteiger partial charge in [-0.05, 0) is 48.5 Å². The number of piperazine rings is 1. The minimum Gasteiger partial charge on any atom is -0.497 e. The van der Waals surface area contributed by atoms with E-state index in [4.69, 9.17) is 4.74 Å². The molecule has 0 unspecified atom stereocenters. The number of benzene rings is 2. The topological polar surface area (TPSA) is 57.7 Å². The van der Waals surface area contributed by atoms with Crippen molar-refractivity contribution in [3.05, 3.63) is 78.6 Å². The zero-order chi connectivity index (χ0) is 20.1. The van der Waals surface area contributed by atoms with Gasteiger partial charge < -0.3 is 19.9 Å². The summed E-state index contributed by atoms with van der Waals surface area (Å²) in [6.07, 6.45) is 1.78. The molecule has 0 bridgehead atoms. The van der Waals surface area contributed by atoms with Crippen LogP contribution in [0.15, 0.2) is 72.9 Å². The lowest BCUT2D eigenvalue weighted by atomic mass is 10.2. The number of hydrogen-bond donors (Lipinski definition) is 1. The second kappa shape index (κ2) is 8.65. The number of methoxy groups -OCH3 is 1. The first-order valence-corrected chi connectivity index (χ1v) is 9.69. The van der Waals surface area contributed by atoms with Gasteiger partial charge in [0.05, 0.1) is 19.0 Å². The highest BCUT2D eigenvalue weighted by atomic mass is 16.5. The third kappa shape index (κ3) is 4.48. The van der Waals surface area contributed by atoms with Crippen molar-refractivity contribution in [3.63, 3.8) is 0 Å². The number of carbonyl (C=O) groups excluding carboxylic acids is 1. The van der Waals surface area contributed by atoms with Crippen molar-refractivity contribution in [2.24, 2.45) is 0 Å². The average Bonchev–Trinajstić information content (AvgIpc) is 2.80. The first kappa shape index (κ1) is 18.8. The Morgan fingerprint density at radius 1 is 0.862 bits per heavy atom. The smallest absolute Gasteiger partial charge is 0.274 e. The summed E-state index contributed by atoms with van der Waals surface area (Å²) in [4.78, 5) is 21.4. The van der Waals surface area contributed by atoms with Crippen molar-refractivity contribution >= 4 is 23.0 Å². The van der Waals surface area contributed by atoms with Crippen LogP contribution in [0.5, 0.6) is 5.75 Å². The number of pyridine rings is 1. The molecule has 0 radical (unpaired) electrons. The van der Waals surface area contributed by atoms with Gasteiger partial charge in [-0.25, -0.2) is 4.98 Å². The fourth-order valence-electron chi connectivity index (χ4n) is 3.44. The second-order valence-corrected chi connectivity index (χ2v) is 6.89. The van der Waals surface area contributed by atoms with Gasteiger partial charge in [-0.1, -0.05) is 18.2 Å². The molecule has 3 aromatic rings. The van der Waals surface area contributed by atoms with Gasteiger partial charge >= 0.3 is 0 Å². The number of ether oxygens (including phenoxy) is 1. The SMILES string of the molecule is COc1ccc(N2CCN(c3ccc(C(=O)Nc4ccccc4)nc3)CC2)cc1. The fourth-order valence-corrected chi connectivity index (χ4v) is 3.44. The summed E-state index contributed by atoms with van der Waals surface area (Å²) in [6.45, 7) is 3.68. The minimum atomic E-state index is -0.202. The molecule has 148 valence electrons. The Bertz CT molecular complexity index is 935. The quantitative estimate of drug-likeness (QED) is 0.723. The summed E-state index contributed by atoms with van der Waals surface area (Å²) in [5.74, 6) is 0.668. The van der Waals surface area contributed by atoms with E-state index in [1.165, 1.54) is 5.69 Å². The Morgan fingerprint density at radius 2 is 1.48 bits per heavy atom. The molecule has 4 rings (SSSR count). The first-order chi connectivity index (χ1) is 14.2. The van der Waals surface area contributed by atoms with Crippen LogP contribution in [0.3, 0.4) is 0 Å². The molecule has 0 aliphatic carbocycles. The van der Waals surface area contributed by atoms with Crippen LogP contribution in [0.1, 0.15) is 10.5 Å². The normalized spacial score (nSPS) is 13.8. The van der Waals surface area contributed by atoms with Crippen LogP contribution >= 0.6 is 0 Å². The van der Waals surface area contributed by atoms with Crippen LogP contribution in [0.25, 0.3) is 0 Å².